The Bertz CT molecular complexity index is 87.0. The van der Waals surface area contributed by atoms with Crippen LogP contribution in [0.2, 0.25) is 0 Å². The van der Waals surface area contributed by atoms with Crippen LogP contribution in [0.4, 0.5) is 0 Å². The molecule has 0 rings (SSSR count). The van der Waals surface area contributed by atoms with Crippen molar-refractivity contribution in [3.05, 3.63) is 0 Å². The first-order valence-corrected chi connectivity index (χ1v) is 3.42. The molecule has 0 aromatic rings. The predicted molar refractivity (Wildman–Crippen MR) is 33.7 cm³/mol. The van der Waals surface area contributed by atoms with E-state index in [2.05, 4.69) is 13.6 Å². The van der Waals surface area contributed by atoms with E-state index in [1.807, 2.05) is 0 Å². The summed E-state index contributed by atoms with van der Waals surface area (Å²) in [5.74, 6) is 0. The summed E-state index contributed by atoms with van der Waals surface area (Å²) in [4.78, 5) is 0. The van der Waals surface area contributed by atoms with Gasteiger partial charge in [-0.25, -0.2) is 4.57 Å². The standard InChI is InChI=1S/C3H9O4P.H3N/c1-5-8(4,6-2)7-3;/h1-3H3;1H3. The zero-order valence-electron chi connectivity index (χ0n) is 5.79. The summed E-state index contributed by atoms with van der Waals surface area (Å²) in [5.41, 5.74) is 0. The first-order valence-electron chi connectivity index (χ1n) is 1.96. The normalized spacial score (nSPS) is 10.6. The van der Waals surface area contributed by atoms with E-state index < -0.39 is 7.82 Å². The van der Waals surface area contributed by atoms with E-state index in [0.29, 0.717) is 0 Å². The van der Waals surface area contributed by atoms with Crippen LogP contribution in [0.25, 0.3) is 0 Å². The molecule has 0 bridgehead atoms. The maximum absolute atomic E-state index is 10.7. The van der Waals surface area contributed by atoms with Crippen molar-refractivity contribution < 1.29 is 18.1 Å². The molecule has 0 spiro atoms. The van der Waals surface area contributed by atoms with Gasteiger partial charge >= 0.3 is 7.82 Å². The van der Waals surface area contributed by atoms with Gasteiger partial charge in [0.1, 0.15) is 0 Å². The van der Waals surface area contributed by atoms with E-state index in [1.165, 1.54) is 21.3 Å². The van der Waals surface area contributed by atoms with Crippen LogP contribution in [0.3, 0.4) is 0 Å². The molecule has 0 heterocycles. The van der Waals surface area contributed by atoms with Gasteiger partial charge in [0.2, 0.25) is 0 Å². The Balaban J connectivity index is 0. The Morgan fingerprint density at radius 2 is 1.22 bits per heavy atom. The monoisotopic (exact) mass is 157 g/mol. The Morgan fingerprint density at radius 3 is 1.22 bits per heavy atom. The number of phosphoric ester groups is 1. The van der Waals surface area contributed by atoms with Crippen molar-refractivity contribution in [1.82, 2.24) is 6.15 Å². The smallest absolute Gasteiger partial charge is 0.344 e. The van der Waals surface area contributed by atoms with Crippen molar-refractivity contribution in [1.29, 1.82) is 0 Å². The molecule has 9 heavy (non-hydrogen) atoms. The van der Waals surface area contributed by atoms with Crippen LogP contribution in [0.1, 0.15) is 0 Å². The van der Waals surface area contributed by atoms with Crippen molar-refractivity contribution in [2.45, 2.75) is 0 Å². The van der Waals surface area contributed by atoms with Crippen LogP contribution < -0.4 is 6.15 Å². The number of hydrogen-bond donors (Lipinski definition) is 1. The lowest BCUT2D eigenvalue weighted by molar-refractivity contribution is 0.178. The first-order chi connectivity index (χ1) is 3.68. The van der Waals surface area contributed by atoms with Crippen molar-refractivity contribution >= 4 is 7.82 Å². The molecule has 58 valence electrons. The fourth-order valence-corrected chi connectivity index (χ4v) is 0.671. The highest BCUT2D eigenvalue weighted by Gasteiger charge is 2.18. The van der Waals surface area contributed by atoms with Gasteiger partial charge in [0, 0.05) is 21.3 Å². The molecule has 3 N–H and O–H groups in total. The fraction of sp³-hybridized carbons (Fsp3) is 1.00. The van der Waals surface area contributed by atoms with Gasteiger partial charge < -0.3 is 6.15 Å². The summed E-state index contributed by atoms with van der Waals surface area (Å²) in [7, 11) is 0.611. The molecular weight excluding hydrogens is 145 g/mol. The van der Waals surface area contributed by atoms with Gasteiger partial charge in [0.15, 0.2) is 0 Å². The Morgan fingerprint density at radius 1 is 1.00 bits per heavy atom. The van der Waals surface area contributed by atoms with Crippen LogP contribution in [0.5, 0.6) is 0 Å². The third-order valence-corrected chi connectivity index (χ3v) is 2.01. The summed E-state index contributed by atoms with van der Waals surface area (Å²) in [6.07, 6.45) is 0. The predicted octanol–water partition coefficient (Wildman–Crippen LogP) is 1.20. The quantitative estimate of drug-likeness (QED) is 0.622. The van der Waals surface area contributed by atoms with Crippen LogP contribution >= 0.6 is 7.82 Å². The molecule has 0 aromatic carbocycles. The van der Waals surface area contributed by atoms with Gasteiger partial charge in [0.25, 0.3) is 0 Å². The fourth-order valence-electron chi connectivity index (χ4n) is 0.224. The Hall–Kier alpha value is 0.0700. The van der Waals surface area contributed by atoms with E-state index in [1.54, 1.807) is 0 Å². The molecule has 0 saturated heterocycles. The molecule has 0 saturated carbocycles. The summed E-state index contributed by atoms with van der Waals surface area (Å²) in [6, 6.07) is 0. The Kier molecular flexibility index (Phi) is 6.44. The highest BCUT2D eigenvalue weighted by Crippen LogP contribution is 2.46. The molecule has 0 unspecified atom stereocenters. The lowest BCUT2D eigenvalue weighted by Crippen LogP contribution is -1.88. The average Bonchev–Trinajstić information content (AvgIpc) is 1.87. The van der Waals surface area contributed by atoms with Crippen LogP contribution in [-0.2, 0) is 18.1 Å². The summed E-state index contributed by atoms with van der Waals surface area (Å²) < 4.78 is 23.7. The molecule has 0 aliphatic carbocycles. The van der Waals surface area contributed by atoms with Crippen LogP contribution in [-0.4, -0.2) is 21.3 Å². The number of hydrogen-bond acceptors (Lipinski definition) is 5. The second-order valence-corrected chi connectivity index (χ2v) is 2.98. The van der Waals surface area contributed by atoms with Crippen molar-refractivity contribution in [2.24, 2.45) is 0 Å². The largest absolute Gasteiger partial charge is 0.473 e. The second-order valence-electron chi connectivity index (χ2n) is 0.995. The van der Waals surface area contributed by atoms with Gasteiger partial charge in [-0.05, 0) is 0 Å². The lowest BCUT2D eigenvalue weighted by atomic mass is 11.8. The molecule has 0 aliphatic heterocycles. The van der Waals surface area contributed by atoms with E-state index >= 15 is 0 Å². The minimum atomic E-state index is -3.16. The molecule has 0 atom stereocenters. The minimum absolute atomic E-state index is 0. The van der Waals surface area contributed by atoms with Crippen molar-refractivity contribution in [3.8, 4) is 0 Å². The summed E-state index contributed by atoms with van der Waals surface area (Å²) >= 11 is 0. The third kappa shape index (κ3) is 3.61. The third-order valence-electron chi connectivity index (χ3n) is 0.671. The van der Waals surface area contributed by atoms with Gasteiger partial charge in [-0.2, -0.15) is 0 Å². The zero-order valence-corrected chi connectivity index (χ0v) is 6.68. The maximum atomic E-state index is 10.7. The number of phosphoric acid groups is 1. The van der Waals surface area contributed by atoms with Crippen molar-refractivity contribution in [3.63, 3.8) is 0 Å². The van der Waals surface area contributed by atoms with Gasteiger partial charge in [-0.15, -0.1) is 0 Å². The molecule has 0 aliphatic rings. The minimum Gasteiger partial charge on any atom is -0.344 e. The summed E-state index contributed by atoms with van der Waals surface area (Å²) in [5, 5.41) is 0. The molecule has 0 fully saturated rings. The number of rotatable bonds is 3. The molecule has 0 amide bonds. The van der Waals surface area contributed by atoms with Gasteiger partial charge in [-0.3, -0.25) is 13.6 Å². The summed E-state index contributed by atoms with van der Waals surface area (Å²) in [6.45, 7) is 0. The molecule has 0 radical (unpaired) electrons. The van der Waals surface area contributed by atoms with Crippen LogP contribution in [0, 0.1) is 0 Å². The highest BCUT2D eigenvalue weighted by molar-refractivity contribution is 7.48. The zero-order chi connectivity index (χ0) is 6.62. The van der Waals surface area contributed by atoms with E-state index in [0.717, 1.165) is 0 Å². The maximum Gasteiger partial charge on any atom is 0.473 e. The molecule has 0 aromatic heterocycles. The van der Waals surface area contributed by atoms with E-state index in [-0.39, 0.29) is 6.15 Å². The highest BCUT2D eigenvalue weighted by atomic mass is 31.2. The van der Waals surface area contributed by atoms with E-state index in [4.69, 9.17) is 0 Å². The second kappa shape index (κ2) is 4.90. The molecule has 5 nitrogen and oxygen atoms in total. The van der Waals surface area contributed by atoms with E-state index in [9.17, 15) is 4.57 Å². The molecular formula is C3H12NO4P. The molecule has 6 heteroatoms. The van der Waals surface area contributed by atoms with Crippen molar-refractivity contribution in [2.75, 3.05) is 21.3 Å². The Labute approximate surface area is 54.5 Å². The van der Waals surface area contributed by atoms with Gasteiger partial charge in [-0.1, -0.05) is 0 Å². The SMILES string of the molecule is COP(=O)(OC)OC.N. The lowest BCUT2D eigenvalue weighted by Gasteiger charge is -2.08. The first kappa shape index (κ1) is 11.8. The van der Waals surface area contributed by atoms with Crippen LogP contribution in [0.15, 0.2) is 0 Å². The topological polar surface area (TPSA) is 79.8 Å². The average molecular weight is 157 g/mol. The van der Waals surface area contributed by atoms with Gasteiger partial charge in [0.05, 0.1) is 0 Å².